The van der Waals surface area contributed by atoms with E-state index in [1.54, 1.807) is 0 Å². The van der Waals surface area contributed by atoms with Gasteiger partial charge < -0.3 is 15.4 Å². The molecule has 5 heteroatoms. The maximum absolute atomic E-state index is 6.12. The molecule has 2 heterocycles. The fourth-order valence-electron chi connectivity index (χ4n) is 2.51. The lowest BCUT2D eigenvalue weighted by Gasteiger charge is -2.24. The third-order valence-electron chi connectivity index (χ3n) is 3.33. The van der Waals surface area contributed by atoms with Crippen LogP contribution in [0.4, 0.5) is 11.5 Å². The Bertz CT molecular complexity index is 410. The number of rotatable bonds is 4. The lowest BCUT2D eigenvalue weighted by atomic mass is 10.1. The van der Waals surface area contributed by atoms with E-state index in [0.717, 1.165) is 18.8 Å². The van der Waals surface area contributed by atoms with E-state index in [9.17, 15) is 0 Å². The predicted octanol–water partition coefficient (Wildman–Crippen LogP) is 2.08. The first-order valence-electron chi connectivity index (χ1n) is 6.63. The molecule has 0 aliphatic carbocycles. The molecule has 1 aromatic rings. The molecule has 0 radical (unpaired) electrons. The molecule has 1 fully saturated rings. The number of anilines is 2. The van der Waals surface area contributed by atoms with Gasteiger partial charge in [0.05, 0.1) is 6.61 Å². The highest BCUT2D eigenvalue weighted by Crippen LogP contribution is 2.34. The second kappa shape index (κ2) is 5.42. The molecule has 0 amide bonds. The molecule has 0 spiro atoms. The van der Waals surface area contributed by atoms with Crippen LogP contribution in [0.1, 0.15) is 33.6 Å². The number of aromatic nitrogens is 2. The van der Waals surface area contributed by atoms with E-state index in [2.05, 4.69) is 35.6 Å². The van der Waals surface area contributed by atoms with Crippen LogP contribution >= 0.6 is 0 Å². The van der Waals surface area contributed by atoms with E-state index >= 15 is 0 Å². The van der Waals surface area contributed by atoms with E-state index in [-0.39, 0.29) is 0 Å². The van der Waals surface area contributed by atoms with Crippen molar-refractivity contribution in [2.75, 3.05) is 23.8 Å². The number of nitrogens with zero attached hydrogens (tertiary/aromatic N) is 3. The molecular formula is C13H22N4O. The van der Waals surface area contributed by atoms with E-state index < -0.39 is 0 Å². The molecule has 0 saturated carbocycles. The van der Waals surface area contributed by atoms with Gasteiger partial charge in [-0.3, -0.25) is 0 Å². The van der Waals surface area contributed by atoms with Crippen molar-refractivity contribution in [2.24, 2.45) is 5.92 Å². The summed E-state index contributed by atoms with van der Waals surface area (Å²) in [7, 11) is 0. The smallest absolute Gasteiger partial charge is 0.242 e. The Morgan fingerprint density at radius 1 is 1.44 bits per heavy atom. The first kappa shape index (κ1) is 12.9. The van der Waals surface area contributed by atoms with Crippen LogP contribution in [0.3, 0.4) is 0 Å². The third kappa shape index (κ3) is 2.49. The highest BCUT2D eigenvalue weighted by Gasteiger charge is 2.29. The lowest BCUT2D eigenvalue weighted by molar-refractivity contribution is 0.306. The average molecular weight is 250 g/mol. The summed E-state index contributed by atoms with van der Waals surface area (Å²) in [5.74, 6) is 2.00. The van der Waals surface area contributed by atoms with Gasteiger partial charge in [0.15, 0.2) is 5.82 Å². The van der Waals surface area contributed by atoms with Crippen molar-refractivity contribution < 1.29 is 4.74 Å². The zero-order chi connectivity index (χ0) is 13.1. The molecule has 5 nitrogen and oxygen atoms in total. The monoisotopic (exact) mass is 250 g/mol. The Labute approximate surface area is 108 Å². The highest BCUT2D eigenvalue weighted by atomic mass is 16.5. The summed E-state index contributed by atoms with van der Waals surface area (Å²) in [5.41, 5.74) is 6.68. The van der Waals surface area contributed by atoms with Crippen molar-refractivity contribution in [2.45, 2.75) is 39.7 Å². The number of hydrogen-bond donors (Lipinski definition) is 1. The van der Waals surface area contributed by atoms with E-state index in [1.165, 1.54) is 12.7 Å². The minimum absolute atomic E-state index is 0.469. The molecule has 1 aromatic heterocycles. The largest absolute Gasteiger partial charge is 0.476 e. The van der Waals surface area contributed by atoms with Gasteiger partial charge in [0, 0.05) is 12.6 Å². The minimum Gasteiger partial charge on any atom is -0.476 e. The zero-order valence-corrected chi connectivity index (χ0v) is 11.4. The molecule has 2 atom stereocenters. The van der Waals surface area contributed by atoms with E-state index in [4.69, 9.17) is 10.5 Å². The molecule has 1 aliphatic rings. The summed E-state index contributed by atoms with van der Waals surface area (Å²) in [6.07, 6.45) is 3.65. The SMILES string of the molecule is CCCOc1ncnc(N2CC(C)CC2C)c1N. The summed E-state index contributed by atoms with van der Waals surface area (Å²) in [6, 6.07) is 0.469. The first-order valence-corrected chi connectivity index (χ1v) is 6.63. The van der Waals surface area contributed by atoms with Gasteiger partial charge in [-0.05, 0) is 25.7 Å². The van der Waals surface area contributed by atoms with Crippen LogP contribution in [-0.2, 0) is 0 Å². The van der Waals surface area contributed by atoms with Crippen LogP contribution in [0.5, 0.6) is 5.88 Å². The number of nitrogen functional groups attached to an aromatic ring is 1. The molecule has 0 bridgehead atoms. The Balaban J connectivity index is 2.23. The molecule has 1 aliphatic heterocycles. The fraction of sp³-hybridized carbons (Fsp3) is 0.692. The molecule has 2 N–H and O–H groups in total. The van der Waals surface area contributed by atoms with Crippen LogP contribution < -0.4 is 15.4 Å². The molecule has 2 unspecified atom stereocenters. The number of hydrogen-bond acceptors (Lipinski definition) is 5. The van der Waals surface area contributed by atoms with Gasteiger partial charge in [0.2, 0.25) is 5.88 Å². The Kier molecular flexibility index (Phi) is 3.89. The average Bonchev–Trinajstić information content (AvgIpc) is 2.67. The molecule has 18 heavy (non-hydrogen) atoms. The second-order valence-electron chi connectivity index (χ2n) is 5.11. The van der Waals surface area contributed by atoms with Gasteiger partial charge in [0.1, 0.15) is 12.0 Å². The maximum Gasteiger partial charge on any atom is 0.242 e. The van der Waals surface area contributed by atoms with Crippen LogP contribution in [-0.4, -0.2) is 29.2 Å². The molecule has 1 saturated heterocycles. The van der Waals surface area contributed by atoms with Crippen molar-refractivity contribution in [1.82, 2.24) is 9.97 Å². The normalized spacial score (nSPS) is 23.4. The van der Waals surface area contributed by atoms with Crippen LogP contribution in [0.2, 0.25) is 0 Å². The van der Waals surface area contributed by atoms with Gasteiger partial charge in [0.25, 0.3) is 0 Å². The summed E-state index contributed by atoms with van der Waals surface area (Å²) in [4.78, 5) is 10.7. The summed E-state index contributed by atoms with van der Waals surface area (Å²) in [5, 5.41) is 0. The zero-order valence-electron chi connectivity index (χ0n) is 11.4. The quantitative estimate of drug-likeness (QED) is 0.886. The Morgan fingerprint density at radius 3 is 2.83 bits per heavy atom. The number of ether oxygens (including phenoxy) is 1. The van der Waals surface area contributed by atoms with Crippen LogP contribution in [0, 0.1) is 5.92 Å². The van der Waals surface area contributed by atoms with E-state index in [0.29, 0.717) is 30.1 Å². The van der Waals surface area contributed by atoms with Gasteiger partial charge in [-0.15, -0.1) is 0 Å². The van der Waals surface area contributed by atoms with Crippen molar-refractivity contribution in [3.05, 3.63) is 6.33 Å². The van der Waals surface area contributed by atoms with Crippen molar-refractivity contribution in [1.29, 1.82) is 0 Å². The van der Waals surface area contributed by atoms with Crippen molar-refractivity contribution in [3.63, 3.8) is 0 Å². The topological polar surface area (TPSA) is 64.3 Å². The first-order chi connectivity index (χ1) is 8.63. The number of nitrogens with two attached hydrogens (primary N) is 1. The fourth-order valence-corrected chi connectivity index (χ4v) is 2.51. The Morgan fingerprint density at radius 2 is 2.22 bits per heavy atom. The minimum atomic E-state index is 0.469. The molecule has 2 rings (SSSR count). The van der Waals surface area contributed by atoms with E-state index in [1.807, 2.05) is 0 Å². The highest BCUT2D eigenvalue weighted by molar-refractivity contribution is 5.68. The Hall–Kier alpha value is -1.52. The molecule has 100 valence electrons. The summed E-state index contributed by atoms with van der Waals surface area (Å²) < 4.78 is 5.55. The summed E-state index contributed by atoms with van der Waals surface area (Å²) in [6.45, 7) is 8.14. The second-order valence-corrected chi connectivity index (χ2v) is 5.11. The maximum atomic E-state index is 6.12. The standard InChI is InChI=1S/C13H22N4O/c1-4-5-18-13-11(14)12(15-8-16-13)17-7-9(2)6-10(17)3/h8-10H,4-7,14H2,1-3H3. The van der Waals surface area contributed by atoms with Crippen LogP contribution in [0.15, 0.2) is 6.33 Å². The van der Waals surface area contributed by atoms with Crippen molar-refractivity contribution >= 4 is 11.5 Å². The third-order valence-corrected chi connectivity index (χ3v) is 3.33. The van der Waals surface area contributed by atoms with Gasteiger partial charge in [-0.1, -0.05) is 13.8 Å². The van der Waals surface area contributed by atoms with Crippen molar-refractivity contribution in [3.8, 4) is 5.88 Å². The van der Waals surface area contributed by atoms with Gasteiger partial charge in [-0.25, -0.2) is 4.98 Å². The lowest BCUT2D eigenvalue weighted by Crippen LogP contribution is -2.28. The van der Waals surface area contributed by atoms with Crippen LogP contribution in [0.25, 0.3) is 0 Å². The molecule has 0 aromatic carbocycles. The van der Waals surface area contributed by atoms with Gasteiger partial charge in [-0.2, -0.15) is 4.98 Å². The van der Waals surface area contributed by atoms with Gasteiger partial charge >= 0.3 is 0 Å². The summed E-state index contributed by atoms with van der Waals surface area (Å²) >= 11 is 0. The molecular weight excluding hydrogens is 228 g/mol. The predicted molar refractivity (Wildman–Crippen MR) is 72.8 cm³/mol.